The SMILES string of the molecule is CCNC(=NCc1ncc(CC)s1)NCCCCN1CCN(c2cccc(C)c2)CC1.I. The minimum absolute atomic E-state index is 0. The standard InChI is InChI=1S/C24H38N6S.HI/c1-4-22-18-27-23(31-22)19-28-24(25-5-2)26-11-6-7-12-29-13-15-30(16-14-29)21-10-8-9-20(3)17-21;/h8-10,17-18H,4-7,11-16,19H2,1-3H3,(H2,25,26,28);1H. The number of benzene rings is 1. The molecule has 1 fully saturated rings. The molecule has 6 nitrogen and oxygen atoms in total. The summed E-state index contributed by atoms with van der Waals surface area (Å²) in [6.45, 7) is 14.6. The van der Waals surface area contributed by atoms with Gasteiger partial charge in [0.2, 0.25) is 0 Å². The van der Waals surface area contributed by atoms with E-state index < -0.39 is 0 Å². The Bertz CT molecular complexity index is 816. The van der Waals surface area contributed by atoms with Crippen molar-refractivity contribution < 1.29 is 0 Å². The van der Waals surface area contributed by atoms with Crippen LogP contribution in [0.2, 0.25) is 0 Å². The number of aryl methyl sites for hydroxylation is 2. The number of nitrogens with zero attached hydrogens (tertiary/aromatic N) is 4. The monoisotopic (exact) mass is 570 g/mol. The molecule has 0 radical (unpaired) electrons. The molecule has 1 aromatic carbocycles. The Balaban J connectivity index is 0.00000363. The van der Waals surface area contributed by atoms with Crippen LogP contribution in [0.5, 0.6) is 0 Å². The maximum Gasteiger partial charge on any atom is 0.191 e. The Morgan fingerprint density at radius 1 is 1.12 bits per heavy atom. The zero-order chi connectivity index (χ0) is 21.9. The average molecular weight is 571 g/mol. The number of guanidine groups is 1. The number of aliphatic imine (C=N–C) groups is 1. The molecule has 0 unspecified atom stereocenters. The zero-order valence-electron chi connectivity index (χ0n) is 19.8. The number of anilines is 1. The fourth-order valence-corrected chi connectivity index (χ4v) is 4.58. The molecule has 32 heavy (non-hydrogen) atoms. The van der Waals surface area contributed by atoms with Crippen molar-refractivity contribution in [2.45, 2.75) is 46.6 Å². The van der Waals surface area contributed by atoms with Crippen LogP contribution in [-0.4, -0.2) is 61.7 Å². The van der Waals surface area contributed by atoms with Crippen LogP contribution in [0.15, 0.2) is 35.5 Å². The van der Waals surface area contributed by atoms with Gasteiger partial charge in [0.1, 0.15) is 5.01 Å². The molecule has 2 heterocycles. The zero-order valence-corrected chi connectivity index (χ0v) is 22.9. The molecule has 1 aliphatic heterocycles. The smallest absolute Gasteiger partial charge is 0.191 e. The number of rotatable bonds is 10. The average Bonchev–Trinajstić information content (AvgIpc) is 3.26. The van der Waals surface area contributed by atoms with Gasteiger partial charge in [-0.25, -0.2) is 9.98 Å². The van der Waals surface area contributed by atoms with Crippen LogP contribution in [-0.2, 0) is 13.0 Å². The van der Waals surface area contributed by atoms with Crippen LogP contribution in [0.4, 0.5) is 5.69 Å². The summed E-state index contributed by atoms with van der Waals surface area (Å²) in [5, 5.41) is 7.89. The lowest BCUT2D eigenvalue weighted by Gasteiger charge is -2.36. The third kappa shape index (κ3) is 8.86. The largest absolute Gasteiger partial charge is 0.369 e. The maximum atomic E-state index is 4.69. The predicted molar refractivity (Wildman–Crippen MR) is 149 cm³/mol. The predicted octanol–water partition coefficient (Wildman–Crippen LogP) is 4.29. The lowest BCUT2D eigenvalue weighted by Crippen LogP contribution is -2.46. The highest BCUT2D eigenvalue weighted by Gasteiger charge is 2.16. The second-order valence-electron chi connectivity index (χ2n) is 8.07. The van der Waals surface area contributed by atoms with Gasteiger partial charge in [-0.3, -0.25) is 4.90 Å². The van der Waals surface area contributed by atoms with Gasteiger partial charge in [-0.1, -0.05) is 19.1 Å². The summed E-state index contributed by atoms with van der Waals surface area (Å²) in [5.41, 5.74) is 2.70. The molecule has 0 saturated carbocycles. The van der Waals surface area contributed by atoms with Crippen LogP contribution in [0.3, 0.4) is 0 Å². The van der Waals surface area contributed by atoms with Crippen LogP contribution >= 0.6 is 35.3 Å². The van der Waals surface area contributed by atoms with Gasteiger partial charge in [0.15, 0.2) is 5.96 Å². The van der Waals surface area contributed by atoms with Gasteiger partial charge in [-0.15, -0.1) is 35.3 Å². The van der Waals surface area contributed by atoms with Crippen molar-refractivity contribution in [2.75, 3.05) is 50.7 Å². The Morgan fingerprint density at radius 2 is 1.94 bits per heavy atom. The quantitative estimate of drug-likeness (QED) is 0.193. The fraction of sp³-hybridized carbons (Fsp3) is 0.583. The first-order valence-electron chi connectivity index (χ1n) is 11.7. The third-order valence-corrected chi connectivity index (χ3v) is 6.73. The molecular weight excluding hydrogens is 531 g/mol. The first kappa shape index (κ1) is 26.9. The molecule has 178 valence electrons. The van der Waals surface area contributed by atoms with Crippen LogP contribution in [0, 0.1) is 6.92 Å². The van der Waals surface area contributed by atoms with E-state index in [2.05, 4.69) is 75.4 Å². The highest BCUT2D eigenvalue weighted by atomic mass is 127. The highest BCUT2D eigenvalue weighted by Crippen LogP contribution is 2.18. The number of halogens is 1. The van der Waals surface area contributed by atoms with Crippen LogP contribution in [0.1, 0.15) is 42.1 Å². The van der Waals surface area contributed by atoms with Crippen molar-refractivity contribution in [3.8, 4) is 0 Å². The van der Waals surface area contributed by atoms with Crippen molar-refractivity contribution in [1.29, 1.82) is 0 Å². The summed E-state index contributed by atoms with van der Waals surface area (Å²) >= 11 is 1.76. The number of thiazole rings is 1. The molecule has 0 amide bonds. The van der Waals surface area contributed by atoms with E-state index >= 15 is 0 Å². The number of nitrogens with one attached hydrogen (secondary N) is 2. The first-order chi connectivity index (χ1) is 15.2. The Morgan fingerprint density at radius 3 is 2.62 bits per heavy atom. The summed E-state index contributed by atoms with van der Waals surface area (Å²) in [5.74, 6) is 0.891. The van der Waals surface area contributed by atoms with Crippen molar-refractivity contribution in [3.63, 3.8) is 0 Å². The van der Waals surface area contributed by atoms with Crippen molar-refractivity contribution in [3.05, 3.63) is 45.9 Å². The van der Waals surface area contributed by atoms with E-state index in [0.29, 0.717) is 6.54 Å². The molecular formula is C24H39IN6S. The summed E-state index contributed by atoms with van der Waals surface area (Å²) in [6.07, 6.45) is 5.38. The summed E-state index contributed by atoms with van der Waals surface area (Å²) in [6, 6.07) is 8.85. The van der Waals surface area contributed by atoms with Crippen LogP contribution in [0.25, 0.3) is 0 Å². The summed E-state index contributed by atoms with van der Waals surface area (Å²) < 4.78 is 0. The number of aromatic nitrogens is 1. The lowest BCUT2D eigenvalue weighted by atomic mass is 10.2. The van der Waals surface area contributed by atoms with Gasteiger partial charge in [-0.05, 0) is 57.4 Å². The van der Waals surface area contributed by atoms with E-state index in [-0.39, 0.29) is 24.0 Å². The van der Waals surface area contributed by atoms with Gasteiger partial charge in [0.25, 0.3) is 0 Å². The number of hydrogen-bond acceptors (Lipinski definition) is 5. The van der Waals surface area contributed by atoms with E-state index in [1.807, 2.05) is 6.20 Å². The molecule has 2 N–H and O–H groups in total. The molecule has 0 spiro atoms. The van der Waals surface area contributed by atoms with Crippen LogP contribution < -0.4 is 15.5 Å². The van der Waals surface area contributed by atoms with Gasteiger partial charge in [0.05, 0.1) is 6.54 Å². The Labute approximate surface area is 214 Å². The molecule has 0 aliphatic carbocycles. The molecule has 0 atom stereocenters. The normalized spacial score (nSPS) is 14.8. The number of hydrogen-bond donors (Lipinski definition) is 2. The van der Waals surface area contributed by atoms with Crippen molar-refractivity contribution >= 4 is 47.0 Å². The van der Waals surface area contributed by atoms with Crippen molar-refractivity contribution in [2.24, 2.45) is 4.99 Å². The second kappa shape index (κ2) is 14.7. The fourth-order valence-electron chi connectivity index (χ4n) is 3.79. The van der Waals surface area contributed by atoms with Gasteiger partial charge >= 0.3 is 0 Å². The van der Waals surface area contributed by atoms with E-state index in [0.717, 1.165) is 63.1 Å². The molecule has 0 bridgehead atoms. The lowest BCUT2D eigenvalue weighted by molar-refractivity contribution is 0.253. The molecule has 8 heteroatoms. The molecule has 1 aliphatic rings. The van der Waals surface area contributed by atoms with Gasteiger partial charge < -0.3 is 15.5 Å². The number of piperazine rings is 1. The summed E-state index contributed by atoms with van der Waals surface area (Å²) in [4.78, 5) is 15.6. The van der Waals surface area contributed by atoms with E-state index in [4.69, 9.17) is 0 Å². The topological polar surface area (TPSA) is 55.8 Å². The van der Waals surface area contributed by atoms with E-state index in [1.54, 1.807) is 11.3 Å². The minimum atomic E-state index is 0. The van der Waals surface area contributed by atoms with Crippen molar-refractivity contribution in [1.82, 2.24) is 20.5 Å². The maximum absolute atomic E-state index is 4.69. The number of unbranched alkanes of at least 4 members (excludes halogenated alkanes) is 1. The highest BCUT2D eigenvalue weighted by molar-refractivity contribution is 14.0. The van der Waals surface area contributed by atoms with Gasteiger partial charge in [0, 0.05) is 56.0 Å². The first-order valence-corrected chi connectivity index (χ1v) is 12.5. The van der Waals surface area contributed by atoms with E-state index in [9.17, 15) is 0 Å². The Kier molecular flexibility index (Phi) is 12.3. The van der Waals surface area contributed by atoms with Gasteiger partial charge in [-0.2, -0.15) is 0 Å². The second-order valence-corrected chi connectivity index (χ2v) is 9.27. The molecule has 1 saturated heterocycles. The molecule has 2 aromatic rings. The van der Waals surface area contributed by atoms with E-state index in [1.165, 1.54) is 29.1 Å². The third-order valence-electron chi connectivity index (χ3n) is 5.60. The Hall–Kier alpha value is -1.39. The molecule has 3 rings (SSSR count). The summed E-state index contributed by atoms with van der Waals surface area (Å²) in [7, 11) is 0. The molecule has 1 aromatic heterocycles. The minimum Gasteiger partial charge on any atom is -0.369 e.